The second-order valence-corrected chi connectivity index (χ2v) is 5.34. The Morgan fingerprint density at radius 3 is 2.67 bits per heavy atom. The summed E-state index contributed by atoms with van der Waals surface area (Å²) in [6.45, 7) is 2.16. The number of aliphatic hydroxyl groups excluding tert-OH is 1. The topological polar surface area (TPSA) is 58.6 Å². The molecule has 0 fully saturated rings. The molecule has 1 unspecified atom stereocenters. The molecule has 0 bridgehead atoms. The molecular weight excluding hydrogens is 250 g/mol. The molecule has 4 nitrogen and oxygen atoms in total. The van der Waals surface area contributed by atoms with Crippen molar-refractivity contribution in [3.8, 4) is 5.75 Å². The van der Waals surface area contributed by atoms with Crippen LogP contribution in [0.15, 0.2) is 24.3 Å². The molecule has 2 N–H and O–H groups in total. The summed E-state index contributed by atoms with van der Waals surface area (Å²) < 4.78 is 5.04. The molecular formula is C13H19NO3S. The summed E-state index contributed by atoms with van der Waals surface area (Å²) >= 11 is 1.54. The van der Waals surface area contributed by atoms with Gasteiger partial charge in [0.1, 0.15) is 5.75 Å². The number of aliphatic hydroxyl groups is 1. The van der Waals surface area contributed by atoms with Gasteiger partial charge in [0.05, 0.1) is 12.9 Å². The molecule has 0 aliphatic carbocycles. The molecule has 0 saturated carbocycles. The largest absolute Gasteiger partial charge is 0.497 e. The standard InChI is InChI=1S/C13H19NO3S/c1-10(7-8-15)18-9-13(16)14-11-3-5-12(17-2)6-4-11/h3-6,10,15H,7-9H2,1-2H3,(H,14,16). The second-order valence-electron chi connectivity index (χ2n) is 3.91. The summed E-state index contributed by atoms with van der Waals surface area (Å²) in [5.74, 6) is 1.13. The van der Waals surface area contributed by atoms with Crippen LogP contribution < -0.4 is 10.1 Å². The van der Waals surface area contributed by atoms with Crippen LogP contribution in [0.4, 0.5) is 5.69 Å². The van der Waals surface area contributed by atoms with Crippen molar-refractivity contribution in [2.24, 2.45) is 0 Å². The van der Waals surface area contributed by atoms with Crippen molar-refractivity contribution in [1.29, 1.82) is 0 Å². The van der Waals surface area contributed by atoms with Crippen LogP contribution in [0.3, 0.4) is 0 Å². The Bertz CT molecular complexity index is 367. The van der Waals surface area contributed by atoms with Crippen molar-refractivity contribution in [3.63, 3.8) is 0 Å². The van der Waals surface area contributed by atoms with Gasteiger partial charge in [0.25, 0.3) is 0 Å². The molecule has 0 saturated heterocycles. The summed E-state index contributed by atoms with van der Waals surface area (Å²) in [5, 5.41) is 11.9. The number of benzene rings is 1. The Morgan fingerprint density at radius 1 is 1.44 bits per heavy atom. The van der Waals surface area contributed by atoms with E-state index in [0.717, 1.165) is 11.4 Å². The molecule has 18 heavy (non-hydrogen) atoms. The van der Waals surface area contributed by atoms with Crippen LogP contribution in [0, 0.1) is 0 Å². The van der Waals surface area contributed by atoms with Crippen LogP contribution in [-0.2, 0) is 4.79 Å². The zero-order valence-corrected chi connectivity index (χ0v) is 11.5. The molecule has 0 spiro atoms. The zero-order chi connectivity index (χ0) is 13.4. The van der Waals surface area contributed by atoms with Crippen molar-refractivity contribution in [2.75, 3.05) is 24.8 Å². The smallest absolute Gasteiger partial charge is 0.234 e. The quantitative estimate of drug-likeness (QED) is 0.796. The van der Waals surface area contributed by atoms with Gasteiger partial charge in [-0.2, -0.15) is 0 Å². The van der Waals surface area contributed by atoms with Crippen LogP contribution >= 0.6 is 11.8 Å². The highest BCUT2D eigenvalue weighted by atomic mass is 32.2. The number of anilines is 1. The highest BCUT2D eigenvalue weighted by Gasteiger charge is 2.07. The maximum Gasteiger partial charge on any atom is 0.234 e. The van der Waals surface area contributed by atoms with Crippen LogP contribution in [-0.4, -0.2) is 35.7 Å². The first-order chi connectivity index (χ1) is 8.65. The number of rotatable bonds is 7. The van der Waals surface area contributed by atoms with E-state index < -0.39 is 0 Å². The lowest BCUT2D eigenvalue weighted by atomic mass is 10.3. The first-order valence-electron chi connectivity index (χ1n) is 5.82. The molecule has 0 aliphatic rings. The Labute approximate surface area is 112 Å². The summed E-state index contributed by atoms with van der Waals surface area (Å²) in [5.41, 5.74) is 0.760. The zero-order valence-electron chi connectivity index (χ0n) is 10.7. The maximum atomic E-state index is 11.6. The predicted molar refractivity (Wildman–Crippen MR) is 75.2 cm³/mol. The van der Waals surface area contributed by atoms with E-state index in [9.17, 15) is 4.79 Å². The van der Waals surface area contributed by atoms with Crippen molar-refractivity contribution in [1.82, 2.24) is 0 Å². The first kappa shape index (κ1) is 14.9. The van der Waals surface area contributed by atoms with E-state index in [0.29, 0.717) is 12.2 Å². The lowest BCUT2D eigenvalue weighted by Crippen LogP contribution is -2.16. The van der Waals surface area contributed by atoms with E-state index in [-0.39, 0.29) is 17.8 Å². The lowest BCUT2D eigenvalue weighted by Gasteiger charge is -2.10. The molecule has 100 valence electrons. The molecule has 0 heterocycles. The van der Waals surface area contributed by atoms with Crippen molar-refractivity contribution >= 4 is 23.4 Å². The van der Waals surface area contributed by atoms with E-state index in [1.54, 1.807) is 31.4 Å². The highest BCUT2D eigenvalue weighted by Crippen LogP contribution is 2.17. The van der Waals surface area contributed by atoms with Gasteiger partial charge in [0.2, 0.25) is 5.91 Å². The van der Waals surface area contributed by atoms with E-state index >= 15 is 0 Å². The van der Waals surface area contributed by atoms with Crippen LogP contribution in [0.5, 0.6) is 5.75 Å². The summed E-state index contributed by atoms with van der Waals surface area (Å²) in [6.07, 6.45) is 0.709. The fraction of sp³-hybridized carbons (Fsp3) is 0.462. The summed E-state index contributed by atoms with van der Waals surface area (Å²) in [4.78, 5) is 11.6. The van der Waals surface area contributed by atoms with Gasteiger partial charge in [0.15, 0.2) is 0 Å². The number of thioether (sulfide) groups is 1. The van der Waals surface area contributed by atoms with Gasteiger partial charge in [-0.1, -0.05) is 6.92 Å². The van der Waals surface area contributed by atoms with Crippen LogP contribution in [0.2, 0.25) is 0 Å². The molecule has 5 heteroatoms. The Morgan fingerprint density at radius 2 is 2.11 bits per heavy atom. The third-order valence-electron chi connectivity index (χ3n) is 2.41. The minimum Gasteiger partial charge on any atom is -0.497 e. The Balaban J connectivity index is 2.35. The predicted octanol–water partition coefficient (Wildman–Crippen LogP) is 2.14. The number of nitrogens with one attached hydrogen (secondary N) is 1. The minimum atomic E-state index is -0.0324. The van der Waals surface area contributed by atoms with Gasteiger partial charge in [-0.15, -0.1) is 11.8 Å². The third kappa shape index (κ3) is 5.42. The number of amides is 1. The number of carbonyl (C=O) groups excluding carboxylic acids is 1. The number of carbonyl (C=O) groups is 1. The molecule has 1 aromatic rings. The molecule has 0 aliphatic heterocycles. The van der Waals surface area contributed by atoms with Gasteiger partial charge >= 0.3 is 0 Å². The molecule has 0 radical (unpaired) electrons. The van der Waals surface area contributed by atoms with Crippen LogP contribution in [0.1, 0.15) is 13.3 Å². The van der Waals surface area contributed by atoms with Gasteiger partial charge < -0.3 is 15.2 Å². The van der Waals surface area contributed by atoms with Crippen molar-refractivity contribution in [2.45, 2.75) is 18.6 Å². The fourth-order valence-electron chi connectivity index (χ4n) is 1.35. The van der Waals surface area contributed by atoms with Gasteiger partial charge in [-0.25, -0.2) is 0 Å². The second kappa shape index (κ2) is 8.00. The summed E-state index contributed by atoms with van der Waals surface area (Å²) in [7, 11) is 1.60. The van der Waals surface area contributed by atoms with E-state index in [1.807, 2.05) is 6.92 Å². The molecule has 0 aromatic heterocycles. The Hall–Kier alpha value is -1.20. The molecule has 1 atom stereocenters. The first-order valence-corrected chi connectivity index (χ1v) is 6.87. The maximum absolute atomic E-state index is 11.6. The van der Waals surface area contributed by atoms with Gasteiger partial charge in [-0.3, -0.25) is 4.79 Å². The Kier molecular flexibility index (Phi) is 6.60. The average Bonchev–Trinajstić information content (AvgIpc) is 2.38. The SMILES string of the molecule is COc1ccc(NC(=O)CSC(C)CCO)cc1. The van der Waals surface area contributed by atoms with E-state index in [4.69, 9.17) is 9.84 Å². The minimum absolute atomic E-state index is 0.0324. The van der Waals surface area contributed by atoms with E-state index in [2.05, 4.69) is 5.32 Å². The normalized spacial score (nSPS) is 11.9. The fourth-order valence-corrected chi connectivity index (χ4v) is 2.13. The number of ether oxygens (including phenoxy) is 1. The van der Waals surface area contributed by atoms with Crippen molar-refractivity contribution in [3.05, 3.63) is 24.3 Å². The monoisotopic (exact) mass is 269 g/mol. The number of hydrogen-bond donors (Lipinski definition) is 2. The van der Waals surface area contributed by atoms with Gasteiger partial charge in [-0.05, 0) is 30.7 Å². The van der Waals surface area contributed by atoms with Crippen molar-refractivity contribution < 1.29 is 14.6 Å². The summed E-state index contributed by atoms with van der Waals surface area (Å²) in [6, 6.07) is 7.21. The van der Waals surface area contributed by atoms with E-state index in [1.165, 1.54) is 11.8 Å². The third-order valence-corrected chi connectivity index (χ3v) is 3.64. The highest BCUT2D eigenvalue weighted by molar-refractivity contribution is 8.00. The lowest BCUT2D eigenvalue weighted by molar-refractivity contribution is -0.113. The number of methoxy groups -OCH3 is 1. The molecule has 1 amide bonds. The molecule has 1 rings (SSSR count). The average molecular weight is 269 g/mol. The number of hydrogen-bond acceptors (Lipinski definition) is 4. The van der Waals surface area contributed by atoms with Gasteiger partial charge in [0, 0.05) is 17.5 Å². The van der Waals surface area contributed by atoms with Crippen LogP contribution in [0.25, 0.3) is 0 Å². The molecule has 1 aromatic carbocycles.